The lowest BCUT2D eigenvalue weighted by Gasteiger charge is -2.04. The highest BCUT2D eigenvalue weighted by atomic mass is 31.0. The number of hydrogen-bond acceptors (Lipinski definition) is 4. The molecule has 1 unspecified atom stereocenters. The van der Waals surface area contributed by atoms with E-state index >= 15 is 0 Å². The molecule has 0 aliphatic rings. The van der Waals surface area contributed by atoms with Gasteiger partial charge in [-0.3, -0.25) is 0 Å². The van der Waals surface area contributed by atoms with E-state index in [1.54, 1.807) is 6.07 Å². The average molecular weight is 185 g/mol. The van der Waals surface area contributed by atoms with Gasteiger partial charge in [-0.2, -0.15) is 4.98 Å². The van der Waals surface area contributed by atoms with Crippen molar-refractivity contribution in [3.8, 4) is 5.88 Å². The van der Waals surface area contributed by atoms with Crippen molar-refractivity contribution in [2.24, 2.45) is 0 Å². The Morgan fingerprint density at radius 2 is 2.33 bits per heavy atom. The number of ether oxygens (including phenoxy) is 1. The summed E-state index contributed by atoms with van der Waals surface area (Å²) in [6, 6.07) is 1.80. The van der Waals surface area contributed by atoms with Crippen molar-refractivity contribution in [1.29, 1.82) is 0 Å². The average Bonchev–Trinajstić information content (AvgIpc) is 2.04. The van der Waals surface area contributed by atoms with Crippen molar-refractivity contribution in [2.45, 2.75) is 13.8 Å². The normalized spacial score (nSPS) is 9.58. The van der Waals surface area contributed by atoms with Crippen LogP contribution < -0.4 is 9.82 Å². The van der Waals surface area contributed by atoms with Crippen molar-refractivity contribution in [1.82, 2.24) is 9.97 Å². The molecule has 1 N–H and O–H groups in total. The molecule has 0 spiro atoms. The van der Waals surface area contributed by atoms with E-state index in [0.29, 0.717) is 18.4 Å². The third kappa shape index (κ3) is 2.31. The van der Waals surface area contributed by atoms with E-state index in [4.69, 9.17) is 4.74 Å². The molecular weight excluding hydrogens is 173 g/mol. The molecule has 0 fully saturated rings. The lowest BCUT2D eigenvalue weighted by atomic mass is 10.4. The molecule has 12 heavy (non-hydrogen) atoms. The number of aromatic nitrogens is 2. The summed E-state index contributed by atoms with van der Waals surface area (Å²) < 4.78 is 5.23. The molecule has 0 aliphatic heterocycles. The Bertz CT molecular complexity index is 267. The molecule has 0 amide bonds. The summed E-state index contributed by atoms with van der Waals surface area (Å²) in [6.07, 6.45) is 0. The highest BCUT2D eigenvalue weighted by molar-refractivity contribution is 7.18. The van der Waals surface area contributed by atoms with Crippen LogP contribution in [0.3, 0.4) is 0 Å². The van der Waals surface area contributed by atoms with E-state index in [9.17, 15) is 0 Å². The number of nitrogens with zero attached hydrogens (tertiary/aromatic N) is 2. The fourth-order valence-electron chi connectivity index (χ4n) is 0.826. The summed E-state index contributed by atoms with van der Waals surface area (Å²) in [7, 11) is 2.34. The molecule has 1 atom stereocenters. The Hall–Kier alpha value is -0.890. The highest BCUT2D eigenvalue weighted by Crippen LogP contribution is 2.12. The van der Waals surface area contributed by atoms with Gasteiger partial charge in [0, 0.05) is 11.8 Å². The molecule has 0 radical (unpaired) electrons. The van der Waals surface area contributed by atoms with Gasteiger partial charge < -0.3 is 9.82 Å². The minimum atomic E-state index is 0.559. The molecule has 0 aromatic carbocycles. The van der Waals surface area contributed by atoms with Crippen molar-refractivity contribution in [2.75, 3.05) is 11.7 Å². The smallest absolute Gasteiger partial charge is 0.229 e. The number of nitrogens with one attached hydrogen (secondary N) is 1. The van der Waals surface area contributed by atoms with Crippen molar-refractivity contribution in [3.63, 3.8) is 0 Å². The molecule has 0 bridgehead atoms. The van der Waals surface area contributed by atoms with Crippen LogP contribution in [0.4, 0.5) is 5.95 Å². The molecule has 0 saturated carbocycles. The molecule has 66 valence electrons. The molecular formula is C7H12N3OP. The molecule has 5 heteroatoms. The third-order valence-electron chi connectivity index (χ3n) is 1.25. The fraction of sp³-hybridized carbons (Fsp3) is 0.429. The first-order valence-corrected chi connectivity index (χ1v) is 4.29. The van der Waals surface area contributed by atoms with Gasteiger partial charge in [0.05, 0.1) is 6.61 Å². The number of rotatable bonds is 3. The zero-order valence-electron chi connectivity index (χ0n) is 7.16. The van der Waals surface area contributed by atoms with Crippen LogP contribution in [-0.4, -0.2) is 16.6 Å². The van der Waals surface area contributed by atoms with Crippen molar-refractivity contribution in [3.05, 3.63) is 11.8 Å². The Morgan fingerprint density at radius 1 is 1.58 bits per heavy atom. The van der Waals surface area contributed by atoms with E-state index in [0.717, 1.165) is 5.69 Å². The zero-order chi connectivity index (χ0) is 8.97. The van der Waals surface area contributed by atoms with Gasteiger partial charge >= 0.3 is 0 Å². The van der Waals surface area contributed by atoms with E-state index in [-0.39, 0.29) is 0 Å². The summed E-state index contributed by atoms with van der Waals surface area (Å²) >= 11 is 0. The maximum absolute atomic E-state index is 5.23. The summed E-state index contributed by atoms with van der Waals surface area (Å²) in [5.74, 6) is 1.17. The van der Waals surface area contributed by atoms with Crippen LogP contribution in [0.25, 0.3) is 0 Å². The van der Waals surface area contributed by atoms with E-state index in [1.165, 1.54) is 0 Å². The topological polar surface area (TPSA) is 47.0 Å². The number of aryl methyl sites for hydroxylation is 1. The molecule has 1 aromatic heterocycles. The summed E-state index contributed by atoms with van der Waals surface area (Å²) in [5, 5.41) is 2.78. The maximum Gasteiger partial charge on any atom is 0.229 e. The van der Waals surface area contributed by atoms with Gasteiger partial charge in [0.1, 0.15) is 0 Å². The number of anilines is 1. The lowest BCUT2D eigenvalue weighted by Crippen LogP contribution is -1.99. The standard InChI is InChI=1S/C7H12N3OP/c1-3-11-6-4-5(2)8-7(9-6)10-12/h4H,3,12H2,1-2H3,(H,8,9,10). The largest absolute Gasteiger partial charge is 0.478 e. The maximum atomic E-state index is 5.23. The third-order valence-corrected chi connectivity index (χ3v) is 1.51. The van der Waals surface area contributed by atoms with Crippen LogP contribution >= 0.6 is 9.39 Å². The predicted octanol–water partition coefficient (Wildman–Crippen LogP) is 1.39. The second-order valence-corrected chi connectivity index (χ2v) is 2.54. The zero-order valence-corrected chi connectivity index (χ0v) is 8.32. The van der Waals surface area contributed by atoms with Gasteiger partial charge in [-0.1, -0.05) is 0 Å². The number of hydrogen-bond donors (Lipinski definition) is 1. The van der Waals surface area contributed by atoms with E-state index in [1.807, 2.05) is 13.8 Å². The van der Waals surface area contributed by atoms with Crippen molar-refractivity contribution < 1.29 is 4.74 Å². The van der Waals surface area contributed by atoms with Crippen LogP contribution in [-0.2, 0) is 0 Å². The molecule has 0 aliphatic carbocycles. The van der Waals surface area contributed by atoms with Gasteiger partial charge in [-0.05, 0) is 23.2 Å². The Morgan fingerprint density at radius 3 is 2.92 bits per heavy atom. The minimum Gasteiger partial charge on any atom is -0.478 e. The molecule has 1 heterocycles. The van der Waals surface area contributed by atoms with Gasteiger partial charge in [-0.15, -0.1) is 0 Å². The van der Waals surface area contributed by atoms with Crippen molar-refractivity contribution >= 4 is 15.3 Å². The Kier molecular flexibility index (Phi) is 3.23. The SMILES string of the molecule is CCOc1cc(C)nc(NP)n1. The van der Waals surface area contributed by atoms with Crippen LogP contribution in [0.2, 0.25) is 0 Å². The highest BCUT2D eigenvalue weighted by Gasteiger charge is 1.99. The predicted molar refractivity (Wildman–Crippen MR) is 51.3 cm³/mol. The minimum absolute atomic E-state index is 0.559. The lowest BCUT2D eigenvalue weighted by molar-refractivity contribution is 0.326. The van der Waals surface area contributed by atoms with Gasteiger partial charge in [0.15, 0.2) is 0 Å². The van der Waals surface area contributed by atoms with Gasteiger partial charge in [0.25, 0.3) is 0 Å². The van der Waals surface area contributed by atoms with Crippen LogP contribution in [0.5, 0.6) is 5.88 Å². The van der Waals surface area contributed by atoms with Crippen LogP contribution in [0, 0.1) is 6.92 Å². The van der Waals surface area contributed by atoms with E-state index < -0.39 is 0 Å². The van der Waals surface area contributed by atoms with Crippen LogP contribution in [0.1, 0.15) is 12.6 Å². The first-order chi connectivity index (χ1) is 5.76. The molecule has 1 rings (SSSR count). The quantitative estimate of drug-likeness (QED) is 0.723. The Labute approximate surface area is 74.0 Å². The summed E-state index contributed by atoms with van der Waals surface area (Å²) in [6.45, 7) is 4.44. The molecule has 1 aromatic rings. The monoisotopic (exact) mass is 185 g/mol. The summed E-state index contributed by atoms with van der Waals surface area (Å²) in [5.41, 5.74) is 0.887. The van der Waals surface area contributed by atoms with Gasteiger partial charge in [-0.25, -0.2) is 4.98 Å². The summed E-state index contributed by atoms with van der Waals surface area (Å²) in [4.78, 5) is 8.19. The fourth-order valence-corrected chi connectivity index (χ4v) is 0.955. The Balaban J connectivity index is 2.90. The molecule has 4 nitrogen and oxygen atoms in total. The second kappa shape index (κ2) is 4.21. The first kappa shape index (κ1) is 9.20. The van der Waals surface area contributed by atoms with E-state index in [2.05, 4.69) is 24.4 Å². The molecule has 0 saturated heterocycles. The first-order valence-electron chi connectivity index (χ1n) is 3.71. The van der Waals surface area contributed by atoms with Gasteiger partial charge in [0.2, 0.25) is 11.8 Å². The second-order valence-electron chi connectivity index (χ2n) is 2.25. The van der Waals surface area contributed by atoms with Crippen LogP contribution in [0.15, 0.2) is 6.07 Å².